The number of aromatic nitrogens is 3. The van der Waals surface area contributed by atoms with Crippen LogP contribution in [0.4, 0.5) is 18.9 Å². The zero-order chi connectivity index (χ0) is 15.0. The first-order valence-electron chi connectivity index (χ1n) is 6.38. The number of fused-ring (bicyclic) bond motifs is 1. The third-order valence-electron chi connectivity index (χ3n) is 3.46. The van der Waals surface area contributed by atoms with E-state index in [2.05, 4.69) is 10.2 Å². The molecular formula is C13H12ClF3N4. The van der Waals surface area contributed by atoms with Crippen LogP contribution in [0, 0.1) is 0 Å². The average molecular weight is 317 g/mol. The quantitative estimate of drug-likeness (QED) is 0.799. The molecule has 0 saturated heterocycles. The number of nitrogens with zero attached hydrogens (tertiary/aromatic N) is 4. The molecule has 2 aromatic rings. The smallest absolute Gasteiger partial charge is 0.362 e. The van der Waals surface area contributed by atoms with Crippen molar-refractivity contribution < 1.29 is 13.2 Å². The molecule has 112 valence electrons. The molecule has 0 unspecified atom stereocenters. The fourth-order valence-electron chi connectivity index (χ4n) is 2.38. The molecule has 2 heterocycles. The summed E-state index contributed by atoms with van der Waals surface area (Å²) in [6.07, 6.45) is -4.46. The Balaban J connectivity index is 1.83. The molecule has 0 radical (unpaired) electrons. The van der Waals surface area contributed by atoms with Crippen molar-refractivity contribution in [2.45, 2.75) is 25.1 Å². The summed E-state index contributed by atoms with van der Waals surface area (Å²) >= 11 is 5.74. The summed E-state index contributed by atoms with van der Waals surface area (Å²) in [6.45, 7) is 1.01. The molecule has 0 amide bonds. The monoisotopic (exact) mass is 316 g/mol. The van der Waals surface area contributed by atoms with Gasteiger partial charge in [-0.3, -0.25) is 0 Å². The van der Waals surface area contributed by atoms with E-state index in [1.54, 1.807) is 0 Å². The summed E-state index contributed by atoms with van der Waals surface area (Å²) in [5.74, 6) is -0.159. The van der Waals surface area contributed by atoms with Gasteiger partial charge in [-0.1, -0.05) is 12.1 Å². The number of rotatable bonds is 2. The van der Waals surface area contributed by atoms with Crippen molar-refractivity contribution >= 4 is 17.3 Å². The maximum atomic E-state index is 12.8. The van der Waals surface area contributed by atoms with Gasteiger partial charge in [-0.2, -0.15) is 13.2 Å². The summed E-state index contributed by atoms with van der Waals surface area (Å²) in [5, 5.41) is 6.93. The highest BCUT2D eigenvalue weighted by Crippen LogP contribution is 2.30. The van der Waals surface area contributed by atoms with Crippen LogP contribution in [0.1, 0.15) is 17.2 Å². The number of anilines is 1. The van der Waals surface area contributed by atoms with Gasteiger partial charge in [0.2, 0.25) is 5.82 Å². The van der Waals surface area contributed by atoms with Crippen LogP contribution in [-0.4, -0.2) is 21.3 Å². The molecule has 4 nitrogen and oxygen atoms in total. The first kappa shape index (κ1) is 14.2. The Hall–Kier alpha value is -1.76. The number of halogens is 4. The van der Waals surface area contributed by atoms with Crippen molar-refractivity contribution in [3.63, 3.8) is 0 Å². The summed E-state index contributed by atoms with van der Waals surface area (Å²) in [7, 11) is 0. The topological polar surface area (TPSA) is 34.0 Å². The third-order valence-corrected chi connectivity index (χ3v) is 3.77. The fourth-order valence-corrected chi connectivity index (χ4v) is 2.56. The summed E-state index contributed by atoms with van der Waals surface area (Å²) in [6, 6.07) is 7.63. The van der Waals surface area contributed by atoms with Gasteiger partial charge in [0.15, 0.2) is 5.82 Å². The molecule has 0 N–H and O–H groups in total. The maximum absolute atomic E-state index is 12.8. The molecule has 1 aromatic carbocycles. The minimum Gasteiger partial charge on any atom is -0.362 e. The van der Waals surface area contributed by atoms with E-state index in [-0.39, 0.29) is 6.54 Å². The number of alkyl halides is 4. The lowest BCUT2D eigenvalue weighted by molar-refractivity contribution is -0.147. The van der Waals surface area contributed by atoms with E-state index in [1.807, 2.05) is 29.2 Å². The Labute approximate surface area is 124 Å². The first-order valence-corrected chi connectivity index (χ1v) is 6.91. The Kier molecular flexibility index (Phi) is 3.52. The lowest BCUT2D eigenvalue weighted by Crippen LogP contribution is -2.35. The molecule has 1 aromatic heterocycles. The van der Waals surface area contributed by atoms with Crippen molar-refractivity contribution in [2.75, 3.05) is 11.4 Å². The fraction of sp³-hybridized carbons (Fsp3) is 0.385. The summed E-state index contributed by atoms with van der Waals surface area (Å²) < 4.78 is 39.4. The molecule has 3 rings (SSSR count). The highest BCUT2D eigenvalue weighted by Gasteiger charge is 2.39. The summed E-state index contributed by atoms with van der Waals surface area (Å²) in [5.41, 5.74) is 1.94. The lowest BCUT2D eigenvalue weighted by Gasteiger charge is -2.29. The minimum atomic E-state index is -4.46. The van der Waals surface area contributed by atoms with E-state index in [1.165, 1.54) is 0 Å². The van der Waals surface area contributed by atoms with Crippen LogP contribution in [-0.2, 0) is 25.1 Å². The van der Waals surface area contributed by atoms with Crippen molar-refractivity contribution in [2.24, 2.45) is 0 Å². The van der Waals surface area contributed by atoms with E-state index in [4.69, 9.17) is 11.6 Å². The zero-order valence-corrected chi connectivity index (χ0v) is 11.7. The highest BCUT2D eigenvalue weighted by molar-refractivity contribution is 6.17. The average Bonchev–Trinajstić information content (AvgIpc) is 2.90. The van der Waals surface area contributed by atoms with Gasteiger partial charge in [-0.25, -0.2) is 0 Å². The van der Waals surface area contributed by atoms with E-state index in [0.29, 0.717) is 24.8 Å². The number of benzene rings is 1. The molecule has 0 fully saturated rings. The lowest BCUT2D eigenvalue weighted by atomic mass is 10.2. The van der Waals surface area contributed by atoms with Gasteiger partial charge in [0, 0.05) is 24.7 Å². The molecule has 8 heteroatoms. The van der Waals surface area contributed by atoms with Crippen LogP contribution < -0.4 is 4.90 Å². The van der Waals surface area contributed by atoms with Gasteiger partial charge >= 0.3 is 6.18 Å². The minimum absolute atomic E-state index is 0.217. The zero-order valence-electron chi connectivity index (χ0n) is 10.9. The second-order valence-corrected chi connectivity index (χ2v) is 5.08. The molecule has 21 heavy (non-hydrogen) atoms. The molecule has 0 aliphatic carbocycles. The number of hydrogen-bond donors (Lipinski definition) is 0. The van der Waals surface area contributed by atoms with Crippen molar-refractivity contribution in [1.82, 2.24) is 14.8 Å². The molecule has 0 saturated carbocycles. The van der Waals surface area contributed by atoms with Crippen LogP contribution in [0.25, 0.3) is 0 Å². The Morgan fingerprint density at radius 1 is 1.10 bits per heavy atom. The highest BCUT2D eigenvalue weighted by atomic mass is 35.5. The molecular weight excluding hydrogens is 305 g/mol. The van der Waals surface area contributed by atoms with Gasteiger partial charge < -0.3 is 9.47 Å². The predicted octanol–water partition coefficient (Wildman–Crippen LogP) is 3.06. The normalized spacial score (nSPS) is 15.1. The van der Waals surface area contributed by atoms with Crippen LogP contribution in [0.2, 0.25) is 0 Å². The second-order valence-electron chi connectivity index (χ2n) is 4.81. The van der Waals surface area contributed by atoms with Crippen LogP contribution in [0.3, 0.4) is 0 Å². The van der Waals surface area contributed by atoms with Gasteiger partial charge in [0.05, 0.1) is 6.54 Å². The molecule has 1 aliphatic rings. The molecule has 1 aliphatic heterocycles. The SMILES string of the molecule is FC(F)(F)c1nnc2n1CCN(c1ccc(CCl)cc1)C2. The Morgan fingerprint density at radius 3 is 2.43 bits per heavy atom. The molecule has 0 atom stereocenters. The van der Waals surface area contributed by atoms with Crippen LogP contribution in [0.15, 0.2) is 24.3 Å². The van der Waals surface area contributed by atoms with Crippen molar-refractivity contribution in [3.05, 3.63) is 41.5 Å². The maximum Gasteiger partial charge on any atom is 0.451 e. The van der Waals surface area contributed by atoms with E-state index in [9.17, 15) is 13.2 Å². The predicted molar refractivity (Wildman–Crippen MR) is 72.1 cm³/mol. The summed E-state index contributed by atoms with van der Waals surface area (Å²) in [4.78, 5) is 1.97. The van der Waals surface area contributed by atoms with Gasteiger partial charge in [0.1, 0.15) is 0 Å². The van der Waals surface area contributed by atoms with Gasteiger partial charge in [0.25, 0.3) is 0 Å². The Bertz CT molecular complexity index is 636. The van der Waals surface area contributed by atoms with E-state index >= 15 is 0 Å². The molecule has 0 bridgehead atoms. The van der Waals surface area contributed by atoms with Gasteiger partial charge in [-0.15, -0.1) is 21.8 Å². The number of hydrogen-bond acceptors (Lipinski definition) is 3. The van der Waals surface area contributed by atoms with Crippen molar-refractivity contribution in [3.8, 4) is 0 Å². The van der Waals surface area contributed by atoms with Crippen LogP contribution in [0.5, 0.6) is 0 Å². The standard InChI is InChI=1S/C13H12ClF3N4/c14-7-9-1-3-10(4-2-9)20-5-6-21-11(8-20)18-19-12(21)13(15,16)17/h1-4H,5-8H2. The van der Waals surface area contributed by atoms with Gasteiger partial charge in [-0.05, 0) is 17.7 Å². The van der Waals surface area contributed by atoms with Crippen molar-refractivity contribution in [1.29, 1.82) is 0 Å². The second kappa shape index (κ2) is 5.22. The van der Waals surface area contributed by atoms with E-state index in [0.717, 1.165) is 15.8 Å². The largest absolute Gasteiger partial charge is 0.451 e. The Morgan fingerprint density at radius 2 is 1.81 bits per heavy atom. The van der Waals surface area contributed by atoms with E-state index < -0.39 is 12.0 Å². The van der Waals surface area contributed by atoms with Crippen LogP contribution >= 0.6 is 11.6 Å². The molecule has 0 spiro atoms. The first-order chi connectivity index (χ1) is 9.99. The third kappa shape index (κ3) is 2.70.